The average molecular weight is 401 g/mol. The Balaban J connectivity index is 1.55. The predicted octanol–water partition coefficient (Wildman–Crippen LogP) is 0.402. The van der Waals surface area contributed by atoms with Crippen LogP contribution < -0.4 is 15.2 Å². The number of phenols is 2. The lowest BCUT2D eigenvalue weighted by Gasteiger charge is -2.30. The van der Waals surface area contributed by atoms with Gasteiger partial charge in [0.15, 0.2) is 11.5 Å². The summed E-state index contributed by atoms with van der Waals surface area (Å²) in [7, 11) is 0. The minimum atomic E-state index is -0.210. The molecule has 11 nitrogen and oxygen atoms in total. The van der Waals surface area contributed by atoms with E-state index in [-0.39, 0.29) is 11.5 Å². The van der Waals surface area contributed by atoms with Crippen molar-refractivity contribution in [2.75, 3.05) is 67.8 Å². The molecule has 0 radical (unpaired) electrons. The molecule has 4 rings (SSSR count). The third kappa shape index (κ3) is 4.81. The number of nitrogens with zero attached hydrogens (tertiary/aromatic N) is 6. The zero-order valence-corrected chi connectivity index (χ0v) is 15.9. The van der Waals surface area contributed by atoms with Crippen LogP contribution in [0.4, 0.5) is 17.8 Å². The summed E-state index contributed by atoms with van der Waals surface area (Å²) in [5, 5.41) is 23.1. The maximum Gasteiger partial charge on any atom is 0.250 e. The van der Waals surface area contributed by atoms with Gasteiger partial charge in [-0.3, -0.25) is 0 Å². The van der Waals surface area contributed by atoms with E-state index in [9.17, 15) is 10.2 Å². The molecule has 1 aromatic carbocycles. The van der Waals surface area contributed by atoms with Crippen molar-refractivity contribution in [1.82, 2.24) is 15.0 Å². The molecule has 0 saturated carbocycles. The highest BCUT2D eigenvalue weighted by molar-refractivity contribution is 5.81. The van der Waals surface area contributed by atoms with Gasteiger partial charge in [-0.05, 0) is 23.8 Å². The van der Waals surface area contributed by atoms with Crippen LogP contribution in [0.1, 0.15) is 5.56 Å². The van der Waals surface area contributed by atoms with Crippen molar-refractivity contribution in [3.05, 3.63) is 23.8 Å². The topological polar surface area (TPSA) is 128 Å². The highest BCUT2D eigenvalue weighted by Crippen LogP contribution is 2.24. The molecule has 0 aliphatic carbocycles. The number of nitrogens with one attached hydrogen (secondary N) is 1. The number of anilines is 3. The van der Waals surface area contributed by atoms with Crippen molar-refractivity contribution in [3.63, 3.8) is 0 Å². The zero-order valence-electron chi connectivity index (χ0n) is 15.9. The predicted molar refractivity (Wildman–Crippen MR) is 107 cm³/mol. The van der Waals surface area contributed by atoms with Crippen LogP contribution in [0.25, 0.3) is 0 Å². The van der Waals surface area contributed by atoms with Crippen molar-refractivity contribution in [2.45, 2.75) is 0 Å². The number of hydrogen-bond donors (Lipinski definition) is 3. The van der Waals surface area contributed by atoms with Crippen molar-refractivity contribution < 1.29 is 19.7 Å². The number of ether oxygens (including phenoxy) is 2. The monoisotopic (exact) mass is 401 g/mol. The molecule has 154 valence electrons. The van der Waals surface area contributed by atoms with Gasteiger partial charge >= 0.3 is 0 Å². The summed E-state index contributed by atoms with van der Waals surface area (Å²) in [6.07, 6.45) is 1.51. The van der Waals surface area contributed by atoms with Crippen molar-refractivity contribution in [2.24, 2.45) is 5.10 Å². The Kier molecular flexibility index (Phi) is 5.86. The van der Waals surface area contributed by atoms with Crippen molar-refractivity contribution in [1.29, 1.82) is 0 Å². The molecule has 2 aliphatic heterocycles. The molecule has 0 bridgehead atoms. The van der Waals surface area contributed by atoms with Gasteiger partial charge in [0.25, 0.3) is 0 Å². The van der Waals surface area contributed by atoms with Crippen LogP contribution in [0, 0.1) is 0 Å². The molecule has 0 unspecified atom stereocenters. The number of aromatic hydroxyl groups is 2. The number of phenolic OH excluding ortho intramolecular Hbond substituents is 2. The van der Waals surface area contributed by atoms with E-state index in [0.29, 0.717) is 76.0 Å². The van der Waals surface area contributed by atoms with E-state index in [1.54, 1.807) is 6.07 Å². The van der Waals surface area contributed by atoms with Gasteiger partial charge in [0, 0.05) is 26.2 Å². The van der Waals surface area contributed by atoms with Crippen LogP contribution in [0.3, 0.4) is 0 Å². The van der Waals surface area contributed by atoms with E-state index in [1.807, 2.05) is 0 Å². The standard InChI is InChI=1S/C18H23N7O4/c26-14-2-1-13(11-15(14)27)12-19-23-16-20-17(24-3-7-28-8-4-24)22-18(21-16)25-5-9-29-10-6-25/h1-2,11-12,26-27H,3-10H2,(H,20,21,22,23)/b19-12+. The molecule has 2 fully saturated rings. The smallest absolute Gasteiger partial charge is 0.250 e. The fraction of sp³-hybridized carbons (Fsp3) is 0.444. The summed E-state index contributed by atoms with van der Waals surface area (Å²) in [6, 6.07) is 4.44. The van der Waals surface area contributed by atoms with Gasteiger partial charge in [0.2, 0.25) is 17.8 Å². The second kappa shape index (κ2) is 8.88. The first kappa shape index (κ1) is 19.2. The zero-order chi connectivity index (χ0) is 20.1. The average Bonchev–Trinajstić information content (AvgIpc) is 2.77. The summed E-state index contributed by atoms with van der Waals surface area (Å²) in [5.41, 5.74) is 3.45. The Hall–Kier alpha value is -3.18. The van der Waals surface area contributed by atoms with Gasteiger partial charge in [-0.1, -0.05) is 0 Å². The van der Waals surface area contributed by atoms with E-state index in [2.05, 4.69) is 35.3 Å². The van der Waals surface area contributed by atoms with Crippen LogP contribution >= 0.6 is 0 Å². The normalized spacial score (nSPS) is 17.7. The maximum atomic E-state index is 9.58. The third-order valence-corrected chi connectivity index (χ3v) is 4.58. The molecule has 2 aliphatic rings. The number of hydrogen-bond acceptors (Lipinski definition) is 11. The number of rotatable bonds is 5. The Morgan fingerprint density at radius 1 is 0.862 bits per heavy atom. The van der Waals surface area contributed by atoms with Gasteiger partial charge in [-0.25, -0.2) is 5.43 Å². The quantitative estimate of drug-likeness (QED) is 0.368. The van der Waals surface area contributed by atoms with Crippen molar-refractivity contribution >= 4 is 24.1 Å². The molecular weight excluding hydrogens is 378 g/mol. The van der Waals surface area contributed by atoms with E-state index in [4.69, 9.17) is 9.47 Å². The Morgan fingerprint density at radius 3 is 2.00 bits per heavy atom. The molecule has 11 heteroatoms. The van der Waals surface area contributed by atoms with Crippen LogP contribution in [0.5, 0.6) is 11.5 Å². The Morgan fingerprint density at radius 2 is 1.45 bits per heavy atom. The van der Waals surface area contributed by atoms with Gasteiger partial charge in [-0.2, -0.15) is 20.1 Å². The summed E-state index contributed by atoms with van der Waals surface area (Å²) in [5.74, 6) is 1.08. The molecule has 3 heterocycles. The lowest BCUT2D eigenvalue weighted by molar-refractivity contribution is 0.121. The SMILES string of the molecule is Oc1ccc(/C=N/Nc2nc(N3CCOCC3)nc(N3CCOCC3)n2)cc1O. The largest absolute Gasteiger partial charge is 0.504 e. The molecule has 3 N–H and O–H groups in total. The summed E-state index contributed by atoms with van der Waals surface area (Å²) in [4.78, 5) is 17.7. The summed E-state index contributed by atoms with van der Waals surface area (Å²) < 4.78 is 10.8. The first-order chi connectivity index (χ1) is 14.2. The van der Waals surface area contributed by atoms with Crippen LogP contribution in [-0.4, -0.2) is 84.0 Å². The van der Waals surface area contributed by atoms with Gasteiger partial charge in [0.05, 0.1) is 32.6 Å². The second-order valence-electron chi connectivity index (χ2n) is 6.58. The third-order valence-electron chi connectivity index (χ3n) is 4.58. The van der Waals surface area contributed by atoms with Gasteiger partial charge < -0.3 is 29.5 Å². The van der Waals surface area contributed by atoms with E-state index >= 15 is 0 Å². The summed E-state index contributed by atoms with van der Waals surface area (Å²) >= 11 is 0. The lowest BCUT2D eigenvalue weighted by Crippen LogP contribution is -2.40. The van der Waals surface area contributed by atoms with E-state index in [0.717, 1.165) is 0 Å². The van der Waals surface area contributed by atoms with Gasteiger partial charge in [0.1, 0.15) is 0 Å². The summed E-state index contributed by atoms with van der Waals surface area (Å²) in [6.45, 7) is 5.36. The van der Waals surface area contributed by atoms with Crippen LogP contribution in [-0.2, 0) is 9.47 Å². The van der Waals surface area contributed by atoms with Gasteiger partial charge in [-0.15, -0.1) is 0 Å². The number of aromatic nitrogens is 3. The molecule has 0 spiro atoms. The molecular formula is C18H23N7O4. The highest BCUT2D eigenvalue weighted by Gasteiger charge is 2.20. The molecule has 0 atom stereocenters. The van der Waals surface area contributed by atoms with Crippen LogP contribution in [0.15, 0.2) is 23.3 Å². The minimum Gasteiger partial charge on any atom is -0.504 e. The second-order valence-corrected chi connectivity index (χ2v) is 6.58. The molecule has 2 aromatic rings. The fourth-order valence-electron chi connectivity index (χ4n) is 3.00. The molecule has 1 aromatic heterocycles. The Labute approximate surface area is 167 Å². The lowest BCUT2D eigenvalue weighted by atomic mass is 10.2. The Bertz CT molecular complexity index is 831. The fourth-order valence-corrected chi connectivity index (χ4v) is 3.00. The van der Waals surface area contributed by atoms with E-state index < -0.39 is 0 Å². The number of benzene rings is 1. The first-order valence-corrected chi connectivity index (χ1v) is 9.41. The molecule has 0 amide bonds. The number of hydrazone groups is 1. The highest BCUT2D eigenvalue weighted by atomic mass is 16.5. The first-order valence-electron chi connectivity index (χ1n) is 9.41. The van der Waals surface area contributed by atoms with Crippen LogP contribution in [0.2, 0.25) is 0 Å². The number of morpholine rings is 2. The van der Waals surface area contributed by atoms with Crippen molar-refractivity contribution in [3.8, 4) is 11.5 Å². The molecule has 2 saturated heterocycles. The minimum absolute atomic E-state index is 0.183. The van der Waals surface area contributed by atoms with E-state index in [1.165, 1.54) is 18.3 Å². The molecule has 29 heavy (non-hydrogen) atoms. The maximum absolute atomic E-state index is 9.58.